The Kier molecular flexibility index (Phi) is 3.97. The molecular weight excluding hydrogens is 308 g/mol. The zero-order valence-corrected chi connectivity index (χ0v) is 11.0. The number of pyridine rings is 1. The molecule has 1 aromatic carbocycles. The van der Waals surface area contributed by atoms with Crippen molar-refractivity contribution in [1.82, 2.24) is 4.98 Å². The topological polar surface area (TPSA) is 22.1 Å². The fourth-order valence-electron chi connectivity index (χ4n) is 1.28. The lowest BCUT2D eigenvalue weighted by Gasteiger charge is -2.08. The first-order valence-electron chi connectivity index (χ1n) is 4.82. The Hall–Kier alpha value is -1.13. The lowest BCUT2D eigenvalue weighted by molar-refractivity contribution is 0.470. The van der Waals surface area contributed by atoms with E-state index < -0.39 is 0 Å². The molecule has 0 saturated carbocycles. The first-order valence-corrected chi connectivity index (χ1v) is 6.15. The van der Waals surface area contributed by atoms with Crippen LogP contribution in [0.15, 0.2) is 41.1 Å². The van der Waals surface area contributed by atoms with E-state index in [0.29, 0.717) is 21.9 Å². The van der Waals surface area contributed by atoms with Crippen LogP contribution in [0, 0.1) is 5.82 Å². The summed E-state index contributed by atoms with van der Waals surface area (Å²) >= 11 is 8.84. The Morgan fingerprint density at radius 2 is 2.18 bits per heavy atom. The molecule has 2 aromatic rings. The van der Waals surface area contributed by atoms with Gasteiger partial charge in [0.2, 0.25) is 0 Å². The largest absolute Gasteiger partial charge is 0.455 e. The third-order valence-electron chi connectivity index (χ3n) is 2.13. The van der Waals surface area contributed by atoms with Gasteiger partial charge in [-0.1, -0.05) is 0 Å². The van der Waals surface area contributed by atoms with E-state index in [1.807, 2.05) is 0 Å². The molecule has 2 nitrogen and oxygen atoms in total. The minimum Gasteiger partial charge on any atom is -0.455 e. The van der Waals surface area contributed by atoms with Crippen LogP contribution in [0.4, 0.5) is 4.39 Å². The molecule has 5 heteroatoms. The van der Waals surface area contributed by atoms with E-state index in [0.717, 1.165) is 5.56 Å². The van der Waals surface area contributed by atoms with E-state index in [1.165, 1.54) is 6.07 Å². The highest BCUT2D eigenvalue weighted by Crippen LogP contribution is 2.28. The average Bonchev–Trinajstić information content (AvgIpc) is 2.34. The summed E-state index contributed by atoms with van der Waals surface area (Å²) in [6.07, 6.45) is 3.18. The van der Waals surface area contributed by atoms with Crippen molar-refractivity contribution >= 4 is 27.5 Å². The van der Waals surface area contributed by atoms with Gasteiger partial charge in [0.05, 0.1) is 16.5 Å². The molecule has 0 aliphatic carbocycles. The van der Waals surface area contributed by atoms with Crippen LogP contribution < -0.4 is 4.74 Å². The number of benzene rings is 1. The molecule has 1 heterocycles. The summed E-state index contributed by atoms with van der Waals surface area (Å²) in [4.78, 5) is 3.94. The number of hydrogen-bond acceptors (Lipinski definition) is 2. The Labute approximate surface area is 112 Å². The van der Waals surface area contributed by atoms with E-state index in [2.05, 4.69) is 20.9 Å². The van der Waals surface area contributed by atoms with Gasteiger partial charge in [-0.15, -0.1) is 11.6 Å². The van der Waals surface area contributed by atoms with Gasteiger partial charge in [0.15, 0.2) is 0 Å². The molecule has 0 spiro atoms. The monoisotopic (exact) mass is 315 g/mol. The van der Waals surface area contributed by atoms with Crippen molar-refractivity contribution in [2.24, 2.45) is 0 Å². The summed E-state index contributed by atoms with van der Waals surface area (Å²) in [5.74, 6) is 0.879. The van der Waals surface area contributed by atoms with Gasteiger partial charge in [-0.2, -0.15) is 0 Å². The molecule has 1 aromatic heterocycles. The first-order chi connectivity index (χ1) is 8.20. The van der Waals surface area contributed by atoms with Gasteiger partial charge >= 0.3 is 0 Å². The summed E-state index contributed by atoms with van der Waals surface area (Å²) < 4.78 is 19.2. The zero-order valence-electron chi connectivity index (χ0n) is 8.66. The number of hydrogen-bond donors (Lipinski definition) is 0. The first kappa shape index (κ1) is 12.3. The molecule has 0 amide bonds. The predicted molar refractivity (Wildman–Crippen MR) is 68.0 cm³/mol. The van der Waals surface area contributed by atoms with Crippen molar-refractivity contribution in [3.8, 4) is 11.5 Å². The number of aromatic nitrogens is 1. The highest BCUT2D eigenvalue weighted by Gasteiger charge is 2.06. The van der Waals surface area contributed by atoms with Gasteiger partial charge in [0.25, 0.3) is 0 Å². The second kappa shape index (κ2) is 5.47. The Balaban J connectivity index is 2.28. The number of ether oxygens (including phenoxy) is 1. The maximum absolute atomic E-state index is 13.3. The molecule has 0 fully saturated rings. The van der Waals surface area contributed by atoms with Crippen LogP contribution in [0.25, 0.3) is 0 Å². The van der Waals surface area contributed by atoms with Gasteiger partial charge in [-0.05, 0) is 34.1 Å². The summed E-state index contributed by atoms with van der Waals surface area (Å²) in [6.45, 7) is 0. The minimum absolute atomic E-state index is 0.316. The van der Waals surface area contributed by atoms with E-state index >= 15 is 0 Å². The molecule has 2 rings (SSSR count). The van der Waals surface area contributed by atoms with Crippen molar-refractivity contribution in [1.29, 1.82) is 0 Å². The van der Waals surface area contributed by atoms with Gasteiger partial charge in [-0.25, -0.2) is 4.39 Å². The normalized spacial score (nSPS) is 10.3. The van der Waals surface area contributed by atoms with E-state index in [-0.39, 0.29) is 5.82 Å². The predicted octanol–water partition coefficient (Wildman–Crippen LogP) is 4.51. The number of nitrogens with zero attached hydrogens (tertiary/aromatic N) is 1. The van der Waals surface area contributed by atoms with Crippen molar-refractivity contribution in [3.63, 3.8) is 0 Å². The summed E-state index contributed by atoms with van der Waals surface area (Å²) in [7, 11) is 0. The quantitative estimate of drug-likeness (QED) is 0.777. The molecule has 0 radical (unpaired) electrons. The molecule has 0 bridgehead atoms. The highest BCUT2D eigenvalue weighted by atomic mass is 79.9. The summed E-state index contributed by atoms with van der Waals surface area (Å²) in [5, 5.41) is 0. The maximum atomic E-state index is 13.3. The van der Waals surface area contributed by atoms with Crippen molar-refractivity contribution in [2.45, 2.75) is 5.88 Å². The maximum Gasteiger partial charge on any atom is 0.150 e. The standard InChI is InChI=1S/C12H8BrClFNO/c13-10-2-1-9(5-11(10)15)17-12-7-16-4-3-8(12)6-14/h1-5,7H,6H2. The molecule has 0 unspecified atom stereocenters. The van der Waals surface area contributed by atoms with Crippen molar-refractivity contribution in [2.75, 3.05) is 0 Å². The lowest BCUT2D eigenvalue weighted by Crippen LogP contribution is -1.91. The molecule has 0 atom stereocenters. The van der Waals surface area contributed by atoms with E-state index in [4.69, 9.17) is 16.3 Å². The lowest BCUT2D eigenvalue weighted by atomic mass is 10.3. The van der Waals surface area contributed by atoms with Crippen LogP contribution in [0.2, 0.25) is 0 Å². The van der Waals surface area contributed by atoms with Crippen LogP contribution in [-0.4, -0.2) is 4.98 Å². The van der Waals surface area contributed by atoms with Crippen molar-refractivity contribution < 1.29 is 9.13 Å². The van der Waals surface area contributed by atoms with Gasteiger partial charge in [-0.3, -0.25) is 4.98 Å². The third-order valence-corrected chi connectivity index (χ3v) is 3.06. The van der Waals surface area contributed by atoms with Crippen LogP contribution >= 0.6 is 27.5 Å². The molecule has 0 N–H and O–H groups in total. The van der Waals surface area contributed by atoms with Crippen LogP contribution in [0.1, 0.15) is 5.56 Å². The Morgan fingerprint density at radius 3 is 2.88 bits per heavy atom. The number of halogens is 3. The SMILES string of the molecule is Fc1cc(Oc2cnccc2CCl)ccc1Br. The number of alkyl halides is 1. The van der Waals surface area contributed by atoms with Crippen LogP contribution in [0.3, 0.4) is 0 Å². The average molecular weight is 317 g/mol. The molecular formula is C12H8BrClFNO. The fraction of sp³-hybridized carbons (Fsp3) is 0.0833. The number of rotatable bonds is 3. The van der Waals surface area contributed by atoms with Crippen LogP contribution in [-0.2, 0) is 5.88 Å². The van der Waals surface area contributed by atoms with Crippen molar-refractivity contribution in [3.05, 3.63) is 52.5 Å². The Morgan fingerprint density at radius 1 is 1.35 bits per heavy atom. The second-order valence-corrected chi connectivity index (χ2v) is 4.42. The third kappa shape index (κ3) is 2.96. The minimum atomic E-state index is -0.376. The van der Waals surface area contributed by atoms with Gasteiger partial charge in [0, 0.05) is 17.8 Å². The molecule has 0 saturated heterocycles. The molecule has 0 aliphatic rings. The second-order valence-electron chi connectivity index (χ2n) is 3.30. The highest BCUT2D eigenvalue weighted by molar-refractivity contribution is 9.10. The molecule has 17 heavy (non-hydrogen) atoms. The van der Waals surface area contributed by atoms with Gasteiger partial charge < -0.3 is 4.74 Å². The zero-order chi connectivity index (χ0) is 12.3. The van der Waals surface area contributed by atoms with Crippen LogP contribution in [0.5, 0.6) is 11.5 Å². The summed E-state index contributed by atoms with van der Waals surface area (Å²) in [6, 6.07) is 6.31. The Bertz CT molecular complexity index is 536. The fourth-order valence-corrected chi connectivity index (χ4v) is 1.75. The molecule has 0 aliphatic heterocycles. The van der Waals surface area contributed by atoms with Gasteiger partial charge in [0.1, 0.15) is 17.3 Å². The summed E-state index contributed by atoms with van der Waals surface area (Å²) in [5.41, 5.74) is 0.810. The molecule has 88 valence electrons. The van der Waals surface area contributed by atoms with E-state index in [9.17, 15) is 4.39 Å². The van der Waals surface area contributed by atoms with E-state index in [1.54, 1.807) is 30.6 Å². The smallest absolute Gasteiger partial charge is 0.150 e.